The summed E-state index contributed by atoms with van der Waals surface area (Å²) in [5.41, 5.74) is 5.17. The third-order valence-corrected chi connectivity index (χ3v) is 7.24. The van der Waals surface area contributed by atoms with Crippen LogP contribution in [0.15, 0.2) is 59.0 Å². The number of rotatable bonds is 7. The van der Waals surface area contributed by atoms with Crippen LogP contribution in [0.2, 0.25) is 0 Å². The molecule has 2 heterocycles. The van der Waals surface area contributed by atoms with Crippen LogP contribution in [0.25, 0.3) is 21.3 Å². The molecule has 0 fully saturated rings. The Labute approximate surface area is 212 Å². The zero-order valence-corrected chi connectivity index (χ0v) is 20.9. The lowest BCUT2D eigenvalue weighted by Crippen LogP contribution is -2.27. The summed E-state index contributed by atoms with van der Waals surface area (Å²) in [6.45, 7) is 2.07. The zero-order valence-electron chi connectivity index (χ0n) is 20.1. The standard InChI is InChI=1S/C28H27N3O4S/c1-2-12-35-28(34)21-8-5-9-22(14-21)30-24(32)15-31-17-29-26-25(27(31)33)23(16-36-26)20-11-10-18-6-3-4-7-19(18)13-20/h5,8-11,13-14,16-17H,2-4,6-7,12,15H2,1H3,(H,30,32). The van der Waals surface area contributed by atoms with Gasteiger partial charge in [0.15, 0.2) is 0 Å². The summed E-state index contributed by atoms with van der Waals surface area (Å²) in [5.74, 6) is -0.825. The number of hydrogen-bond donors (Lipinski definition) is 1. The number of aryl methyl sites for hydroxylation is 2. The van der Waals surface area contributed by atoms with E-state index in [1.165, 1.54) is 46.2 Å². The summed E-state index contributed by atoms with van der Waals surface area (Å²) in [7, 11) is 0. The second-order valence-electron chi connectivity index (χ2n) is 8.96. The van der Waals surface area contributed by atoms with Crippen LogP contribution < -0.4 is 10.9 Å². The molecule has 1 aliphatic rings. The molecule has 0 bridgehead atoms. The number of nitrogens with zero attached hydrogens (tertiary/aromatic N) is 2. The predicted octanol–water partition coefficient (Wildman–Crippen LogP) is 5.21. The van der Waals surface area contributed by atoms with Crippen molar-refractivity contribution < 1.29 is 14.3 Å². The summed E-state index contributed by atoms with van der Waals surface area (Å²) in [5, 5.41) is 5.26. The van der Waals surface area contributed by atoms with Crippen molar-refractivity contribution in [3.05, 3.63) is 81.2 Å². The van der Waals surface area contributed by atoms with Gasteiger partial charge in [0.2, 0.25) is 5.91 Å². The van der Waals surface area contributed by atoms with Crippen molar-refractivity contribution >= 4 is 39.1 Å². The molecule has 1 N–H and O–H groups in total. The third-order valence-electron chi connectivity index (χ3n) is 6.35. The van der Waals surface area contributed by atoms with Gasteiger partial charge in [-0.05, 0) is 67.0 Å². The predicted molar refractivity (Wildman–Crippen MR) is 142 cm³/mol. The molecule has 0 aliphatic heterocycles. The molecule has 8 heteroatoms. The van der Waals surface area contributed by atoms with Gasteiger partial charge in [0, 0.05) is 16.6 Å². The minimum absolute atomic E-state index is 0.189. The summed E-state index contributed by atoms with van der Waals surface area (Å²) < 4.78 is 6.48. The van der Waals surface area contributed by atoms with E-state index >= 15 is 0 Å². The maximum atomic E-state index is 13.4. The topological polar surface area (TPSA) is 90.3 Å². The lowest BCUT2D eigenvalue weighted by Gasteiger charge is -2.16. The summed E-state index contributed by atoms with van der Waals surface area (Å²) in [6.07, 6.45) is 6.71. The van der Waals surface area contributed by atoms with Crippen LogP contribution in [-0.4, -0.2) is 28.0 Å². The van der Waals surface area contributed by atoms with Crippen molar-refractivity contribution in [2.75, 3.05) is 11.9 Å². The molecule has 2 aromatic heterocycles. The van der Waals surface area contributed by atoms with Crippen molar-refractivity contribution in [3.8, 4) is 11.1 Å². The van der Waals surface area contributed by atoms with E-state index in [1.807, 2.05) is 12.3 Å². The SMILES string of the molecule is CCCOC(=O)c1cccc(NC(=O)Cn2cnc3scc(-c4ccc5c(c4)CCCC5)c3c2=O)c1. The highest BCUT2D eigenvalue weighted by Crippen LogP contribution is 2.33. The number of hydrogen-bond acceptors (Lipinski definition) is 6. The number of nitrogens with one attached hydrogen (secondary N) is 1. The Bertz CT molecular complexity index is 1500. The van der Waals surface area contributed by atoms with Crippen molar-refractivity contribution in [2.24, 2.45) is 0 Å². The molecular formula is C28H27N3O4S. The van der Waals surface area contributed by atoms with E-state index in [9.17, 15) is 14.4 Å². The number of ether oxygens (including phenoxy) is 1. The Morgan fingerprint density at radius 1 is 1.11 bits per heavy atom. The van der Waals surface area contributed by atoms with Crippen molar-refractivity contribution in [2.45, 2.75) is 45.6 Å². The second kappa shape index (κ2) is 10.5. The van der Waals surface area contributed by atoms with E-state index in [0.717, 1.165) is 30.4 Å². The monoisotopic (exact) mass is 501 g/mol. The van der Waals surface area contributed by atoms with Crippen LogP contribution in [0.1, 0.15) is 47.7 Å². The first-order valence-corrected chi connectivity index (χ1v) is 13.1. The van der Waals surface area contributed by atoms with Crippen LogP contribution in [0, 0.1) is 0 Å². The Morgan fingerprint density at radius 2 is 1.94 bits per heavy atom. The lowest BCUT2D eigenvalue weighted by atomic mass is 9.89. The lowest BCUT2D eigenvalue weighted by molar-refractivity contribution is -0.116. The molecule has 0 unspecified atom stereocenters. The number of thiophene rings is 1. The Hall–Kier alpha value is -3.78. The molecule has 36 heavy (non-hydrogen) atoms. The van der Waals surface area contributed by atoms with E-state index in [2.05, 4.69) is 28.5 Å². The zero-order chi connectivity index (χ0) is 25.1. The van der Waals surface area contributed by atoms with E-state index < -0.39 is 5.97 Å². The first kappa shape index (κ1) is 23.9. The summed E-state index contributed by atoms with van der Waals surface area (Å²) in [4.78, 5) is 43.4. The van der Waals surface area contributed by atoms with Gasteiger partial charge in [-0.15, -0.1) is 11.3 Å². The first-order valence-electron chi connectivity index (χ1n) is 12.2. The molecule has 0 saturated heterocycles. The molecule has 1 amide bonds. The third kappa shape index (κ3) is 4.95. The molecule has 1 aliphatic carbocycles. The molecule has 0 radical (unpaired) electrons. The first-order chi connectivity index (χ1) is 17.5. The second-order valence-corrected chi connectivity index (χ2v) is 9.82. The smallest absolute Gasteiger partial charge is 0.338 e. The minimum atomic E-state index is -0.439. The van der Waals surface area contributed by atoms with Gasteiger partial charge in [0.05, 0.1) is 23.9 Å². The molecule has 184 valence electrons. The fraction of sp³-hybridized carbons (Fsp3) is 0.286. The van der Waals surface area contributed by atoms with Crippen LogP contribution in [-0.2, 0) is 28.9 Å². The largest absolute Gasteiger partial charge is 0.462 e. The van der Waals surface area contributed by atoms with E-state index in [-0.39, 0.29) is 18.0 Å². The number of amides is 1. The van der Waals surface area contributed by atoms with Crippen LogP contribution in [0.5, 0.6) is 0 Å². The normalized spacial score (nSPS) is 12.8. The number of fused-ring (bicyclic) bond motifs is 2. The molecule has 5 rings (SSSR count). The Balaban J connectivity index is 1.37. The number of aromatic nitrogens is 2. The Kier molecular flexibility index (Phi) is 6.95. The van der Waals surface area contributed by atoms with Gasteiger partial charge in [-0.1, -0.05) is 31.2 Å². The number of benzene rings is 2. The van der Waals surface area contributed by atoms with E-state index in [1.54, 1.807) is 24.3 Å². The van der Waals surface area contributed by atoms with Crippen molar-refractivity contribution in [1.29, 1.82) is 0 Å². The summed E-state index contributed by atoms with van der Waals surface area (Å²) in [6, 6.07) is 13.0. The van der Waals surface area contributed by atoms with Crippen LogP contribution >= 0.6 is 11.3 Å². The number of carbonyl (C=O) groups is 2. The van der Waals surface area contributed by atoms with Crippen LogP contribution in [0.3, 0.4) is 0 Å². The van der Waals surface area contributed by atoms with Crippen molar-refractivity contribution in [3.63, 3.8) is 0 Å². The van der Waals surface area contributed by atoms with Gasteiger partial charge in [0.1, 0.15) is 11.4 Å². The molecule has 0 spiro atoms. The highest BCUT2D eigenvalue weighted by molar-refractivity contribution is 7.17. The highest BCUT2D eigenvalue weighted by Gasteiger charge is 2.17. The molecule has 7 nitrogen and oxygen atoms in total. The molecule has 0 saturated carbocycles. The van der Waals surface area contributed by atoms with Gasteiger partial charge in [0.25, 0.3) is 5.56 Å². The molecular weight excluding hydrogens is 474 g/mol. The summed E-state index contributed by atoms with van der Waals surface area (Å²) >= 11 is 1.43. The number of anilines is 1. The average Bonchev–Trinajstić information content (AvgIpc) is 3.34. The molecule has 2 aromatic carbocycles. The minimum Gasteiger partial charge on any atom is -0.462 e. The van der Waals surface area contributed by atoms with Crippen molar-refractivity contribution in [1.82, 2.24) is 9.55 Å². The number of esters is 1. The van der Waals surface area contributed by atoms with Crippen LogP contribution in [0.4, 0.5) is 5.69 Å². The Morgan fingerprint density at radius 3 is 2.78 bits per heavy atom. The average molecular weight is 502 g/mol. The van der Waals surface area contributed by atoms with Gasteiger partial charge >= 0.3 is 5.97 Å². The van der Waals surface area contributed by atoms with Gasteiger partial charge < -0.3 is 10.1 Å². The van der Waals surface area contributed by atoms with Gasteiger partial charge in [-0.2, -0.15) is 0 Å². The van der Waals surface area contributed by atoms with E-state index in [4.69, 9.17) is 4.74 Å². The maximum absolute atomic E-state index is 13.4. The maximum Gasteiger partial charge on any atom is 0.338 e. The van der Waals surface area contributed by atoms with E-state index in [0.29, 0.717) is 28.1 Å². The quantitative estimate of drug-likeness (QED) is 0.351. The fourth-order valence-electron chi connectivity index (χ4n) is 4.55. The van der Waals surface area contributed by atoms with Gasteiger partial charge in [-0.25, -0.2) is 9.78 Å². The fourth-order valence-corrected chi connectivity index (χ4v) is 5.46. The number of carbonyl (C=O) groups excluding carboxylic acids is 2. The van der Waals surface area contributed by atoms with Gasteiger partial charge in [-0.3, -0.25) is 14.2 Å². The highest BCUT2D eigenvalue weighted by atomic mass is 32.1. The molecule has 4 aromatic rings. The molecule has 0 atom stereocenters.